The molecular weight excluding hydrogens is 166 g/mol. The first-order valence-corrected chi connectivity index (χ1v) is 4.39. The topological polar surface area (TPSA) is 67.9 Å². The Kier molecular flexibility index (Phi) is 3.18. The zero-order valence-electron chi connectivity index (χ0n) is 6.11. The normalized spacial score (nSPS) is 13.2. The van der Waals surface area contributed by atoms with Crippen LogP contribution in [0, 0.1) is 0 Å². The Bertz CT molecular complexity index is 224. The Balaban J connectivity index is 2.43. The number of aromatic nitrogens is 3. The van der Waals surface area contributed by atoms with Gasteiger partial charge in [-0.1, -0.05) is 0 Å². The fraction of sp³-hybridized carbons (Fsp3) is 0.600. The van der Waals surface area contributed by atoms with Crippen molar-refractivity contribution in [2.75, 3.05) is 19.5 Å². The van der Waals surface area contributed by atoms with Gasteiger partial charge in [0, 0.05) is 7.11 Å². The molecule has 0 amide bonds. The predicted octanol–water partition coefficient (Wildman–Crippen LogP) is -0.441. The van der Waals surface area contributed by atoms with Gasteiger partial charge in [0.1, 0.15) is 6.33 Å². The molecule has 0 saturated carbocycles. The van der Waals surface area contributed by atoms with Crippen LogP contribution in [0.2, 0.25) is 0 Å². The Morgan fingerprint density at radius 2 is 2.64 bits per heavy atom. The highest BCUT2D eigenvalue weighted by Crippen LogP contribution is 1.94. The third-order valence-corrected chi connectivity index (χ3v) is 2.25. The van der Waals surface area contributed by atoms with Crippen LogP contribution in [0.15, 0.2) is 11.5 Å². The van der Waals surface area contributed by atoms with Crippen molar-refractivity contribution in [3.8, 4) is 0 Å². The number of H-pyrrole nitrogens is 1. The first-order valence-electron chi connectivity index (χ1n) is 3.07. The summed E-state index contributed by atoms with van der Waals surface area (Å²) in [6.45, 7) is 0.466. The maximum Gasteiger partial charge on any atom is 0.214 e. The molecule has 5 nitrogen and oxygen atoms in total. The van der Waals surface area contributed by atoms with Gasteiger partial charge in [-0.05, 0) is 0 Å². The molecular formula is C5H9N3O2S. The van der Waals surface area contributed by atoms with Crippen molar-refractivity contribution < 1.29 is 8.95 Å². The molecule has 1 rings (SSSR count). The Morgan fingerprint density at radius 3 is 3.18 bits per heavy atom. The molecule has 1 heterocycles. The number of methoxy groups -OCH3 is 1. The minimum atomic E-state index is -1.11. The van der Waals surface area contributed by atoms with Gasteiger partial charge in [0.05, 0.1) is 23.2 Å². The molecule has 1 aromatic heterocycles. The molecule has 0 radical (unpaired) electrons. The van der Waals surface area contributed by atoms with Crippen LogP contribution in [0.1, 0.15) is 0 Å². The van der Waals surface area contributed by atoms with E-state index in [1.807, 2.05) is 0 Å². The highest BCUT2D eigenvalue weighted by Gasteiger charge is 2.04. The van der Waals surface area contributed by atoms with Gasteiger partial charge in [0.25, 0.3) is 0 Å². The zero-order valence-corrected chi connectivity index (χ0v) is 6.93. The summed E-state index contributed by atoms with van der Waals surface area (Å²) in [5, 5.41) is 6.52. The van der Waals surface area contributed by atoms with Crippen molar-refractivity contribution >= 4 is 10.8 Å². The summed E-state index contributed by atoms with van der Waals surface area (Å²) in [4.78, 5) is 3.75. The molecule has 0 spiro atoms. The lowest BCUT2D eigenvalue weighted by atomic mass is 10.9. The summed E-state index contributed by atoms with van der Waals surface area (Å²) < 4.78 is 15.9. The van der Waals surface area contributed by atoms with Crippen molar-refractivity contribution in [2.45, 2.75) is 5.16 Å². The van der Waals surface area contributed by atoms with Crippen LogP contribution >= 0.6 is 0 Å². The first-order chi connectivity index (χ1) is 5.34. The van der Waals surface area contributed by atoms with E-state index in [1.165, 1.54) is 6.33 Å². The Labute approximate surface area is 66.6 Å². The van der Waals surface area contributed by atoms with E-state index in [0.29, 0.717) is 17.5 Å². The number of hydrogen-bond acceptors (Lipinski definition) is 4. The fourth-order valence-corrected chi connectivity index (χ4v) is 1.39. The molecule has 0 aromatic carbocycles. The SMILES string of the molecule is COCCS(=O)c1ncn[nH]1. The van der Waals surface area contributed by atoms with Crippen LogP contribution in [0.4, 0.5) is 0 Å². The van der Waals surface area contributed by atoms with Gasteiger partial charge < -0.3 is 4.74 Å². The van der Waals surface area contributed by atoms with Crippen molar-refractivity contribution in [3.05, 3.63) is 6.33 Å². The van der Waals surface area contributed by atoms with E-state index >= 15 is 0 Å². The minimum absolute atomic E-state index is 0.405. The van der Waals surface area contributed by atoms with Crippen LogP contribution in [-0.4, -0.2) is 38.9 Å². The van der Waals surface area contributed by atoms with Crippen LogP contribution in [0.5, 0.6) is 0 Å². The maximum atomic E-state index is 11.2. The number of rotatable bonds is 4. The molecule has 0 aliphatic rings. The van der Waals surface area contributed by atoms with Crippen molar-refractivity contribution in [1.29, 1.82) is 0 Å². The summed E-state index contributed by atoms with van der Waals surface area (Å²) in [6.07, 6.45) is 1.33. The molecule has 1 unspecified atom stereocenters. The highest BCUT2D eigenvalue weighted by molar-refractivity contribution is 7.84. The average molecular weight is 175 g/mol. The highest BCUT2D eigenvalue weighted by atomic mass is 32.2. The number of nitrogens with one attached hydrogen (secondary N) is 1. The Morgan fingerprint density at radius 1 is 1.82 bits per heavy atom. The van der Waals surface area contributed by atoms with Crippen molar-refractivity contribution in [3.63, 3.8) is 0 Å². The first kappa shape index (κ1) is 8.35. The van der Waals surface area contributed by atoms with E-state index in [1.54, 1.807) is 7.11 Å². The van der Waals surface area contributed by atoms with Crippen LogP contribution in [0.25, 0.3) is 0 Å². The molecule has 0 aliphatic carbocycles. The lowest BCUT2D eigenvalue weighted by molar-refractivity contribution is 0.218. The Hall–Kier alpha value is -0.750. The third-order valence-electron chi connectivity index (χ3n) is 1.08. The minimum Gasteiger partial charge on any atom is -0.384 e. The molecule has 1 N–H and O–H groups in total. The zero-order chi connectivity index (χ0) is 8.10. The lowest BCUT2D eigenvalue weighted by Crippen LogP contribution is -2.05. The van der Waals surface area contributed by atoms with E-state index in [0.717, 1.165) is 0 Å². The van der Waals surface area contributed by atoms with E-state index in [9.17, 15) is 4.21 Å². The second-order valence-electron chi connectivity index (χ2n) is 1.83. The standard InChI is InChI=1S/C5H9N3O2S/c1-10-2-3-11(9)5-6-4-7-8-5/h4H,2-3H2,1H3,(H,6,7,8). The summed E-state index contributed by atoms with van der Waals surface area (Å²) in [7, 11) is 0.461. The summed E-state index contributed by atoms with van der Waals surface area (Å²) in [6, 6.07) is 0. The molecule has 0 saturated heterocycles. The molecule has 6 heteroatoms. The molecule has 1 aromatic rings. The summed E-state index contributed by atoms with van der Waals surface area (Å²) in [5.74, 6) is 0.450. The molecule has 1 atom stereocenters. The molecule has 0 aliphatic heterocycles. The summed E-state index contributed by atoms with van der Waals surface area (Å²) in [5.41, 5.74) is 0. The molecule has 11 heavy (non-hydrogen) atoms. The fourth-order valence-electron chi connectivity index (χ4n) is 0.560. The number of hydrogen-bond donors (Lipinski definition) is 1. The van der Waals surface area contributed by atoms with Gasteiger partial charge in [0.15, 0.2) is 0 Å². The van der Waals surface area contributed by atoms with E-state index in [2.05, 4.69) is 15.2 Å². The lowest BCUT2D eigenvalue weighted by Gasteiger charge is -1.95. The average Bonchev–Trinajstić information content (AvgIpc) is 2.52. The summed E-state index contributed by atoms with van der Waals surface area (Å²) >= 11 is 0. The quantitative estimate of drug-likeness (QED) is 0.673. The van der Waals surface area contributed by atoms with Gasteiger partial charge in [-0.15, -0.1) is 0 Å². The van der Waals surface area contributed by atoms with Crippen molar-refractivity contribution in [2.24, 2.45) is 0 Å². The van der Waals surface area contributed by atoms with Gasteiger partial charge in [-0.2, -0.15) is 5.10 Å². The van der Waals surface area contributed by atoms with Crippen LogP contribution in [0.3, 0.4) is 0 Å². The van der Waals surface area contributed by atoms with E-state index in [-0.39, 0.29) is 0 Å². The molecule has 62 valence electrons. The second kappa shape index (κ2) is 4.20. The number of ether oxygens (including phenoxy) is 1. The number of nitrogens with zero attached hydrogens (tertiary/aromatic N) is 2. The third kappa shape index (κ3) is 2.39. The molecule has 0 bridgehead atoms. The van der Waals surface area contributed by atoms with Gasteiger partial charge in [-0.3, -0.25) is 9.31 Å². The van der Waals surface area contributed by atoms with Gasteiger partial charge >= 0.3 is 0 Å². The van der Waals surface area contributed by atoms with Gasteiger partial charge in [0.2, 0.25) is 5.16 Å². The monoisotopic (exact) mass is 175 g/mol. The number of aromatic amines is 1. The van der Waals surface area contributed by atoms with Crippen LogP contribution in [-0.2, 0) is 15.5 Å². The predicted molar refractivity (Wildman–Crippen MR) is 39.5 cm³/mol. The largest absolute Gasteiger partial charge is 0.384 e. The maximum absolute atomic E-state index is 11.2. The van der Waals surface area contributed by atoms with Gasteiger partial charge in [-0.25, -0.2) is 4.98 Å². The van der Waals surface area contributed by atoms with Crippen LogP contribution < -0.4 is 0 Å². The van der Waals surface area contributed by atoms with Crippen molar-refractivity contribution in [1.82, 2.24) is 15.2 Å². The smallest absolute Gasteiger partial charge is 0.214 e. The van der Waals surface area contributed by atoms with E-state index in [4.69, 9.17) is 4.74 Å². The molecule has 0 fully saturated rings. The second-order valence-corrected chi connectivity index (χ2v) is 3.32. The van der Waals surface area contributed by atoms with E-state index < -0.39 is 10.8 Å².